The van der Waals surface area contributed by atoms with Crippen LogP contribution >= 0.6 is 11.6 Å². The highest BCUT2D eigenvalue weighted by atomic mass is 35.5. The molecule has 0 bridgehead atoms. The molecular formula is C26H23ClN6O. The number of rotatable bonds is 6. The van der Waals surface area contributed by atoms with Crippen LogP contribution in [0.2, 0.25) is 5.02 Å². The Balaban J connectivity index is 1.46. The lowest BCUT2D eigenvalue weighted by Crippen LogP contribution is -2.39. The molecule has 3 aromatic carbocycles. The third-order valence-electron chi connectivity index (χ3n) is 5.78. The van der Waals surface area contributed by atoms with E-state index < -0.39 is 0 Å². The minimum Gasteiger partial charge on any atom is -0.350 e. The second-order valence-corrected chi connectivity index (χ2v) is 8.62. The van der Waals surface area contributed by atoms with Crippen LogP contribution in [0.25, 0.3) is 5.70 Å². The monoisotopic (exact) mass is 470 g/mol. The molecule has 0 saturated carbocycles. The van der Waals surface area contributed by atoms with E-state index >= 15 is 0 Å². The Morgan fingerprint density at radius 2 is 1.74 bits per heavy atom. The summed E-state index contributed by atoms with van der Waals surface area (Å²) >= 11 is 6.14. The lowest BCUT2D eigenvalue weighted by Gasteiger charge is -2.32. The number of carbonyl (C=O) groups excluding carboxylic acids is 1. The van der Waals surface area contributed by atoms with Gasteiger partial charge in [0.1, 0.15) is 12.6 Å². The van der Waals surface area contributed by atoms with Gasteiger partial charge in [-0.15, -0.1) is 0 Å². The lowest BCUT2D eigenvalue weighted by molar-refractivity contribution is -0.119. The molecule has 1 aromatic heterocycles. The summed E-state index contributed by atoms with van der Waals surface area (Å²) < 4.78 is 1.74. The zero-order valence-corrected chi connectivity index (χ0v) is 19.4. The van der Waals surface area contributed by atoms with Crippen molar-refractivity contribution in [3.63, 3.8) is 0 Å². The van der Waals surface area contributed by atoms with Crippen molar-refractivity contribution in [3.05, 3.63) is 112 Å². The van der Waals surface area contributed by atoms with Crippen LogP contribution in [0.5, 0.6) is 0 Å². The van der Waals surface area contributed by atoms with Crippen LogP contribution in [0.3, 0.4) is 0 Å². The molecule has 5 rings (SSSR count). The normalized spacial score (nSPS) is 14.9. The van der Waals surface area contributed by atoms with E-state index in [2.05, 4.69) is 26.9 Å². The molecule has 2 heterocycles. The van der Waals surface area contributed by atoms with Crippen LogP contribution in [0.15, 0.2) is 84.9 Å². The predicted octanol–water partition coefficient (Wildman–Crippen LogP) is 4.40. The summed E-state index contributed by atoms with van der Waals surface area (Å²) in [6.45, 7) is 2.56. The molecule has 0 spiro atoms. The quantitative estimate of drug-likeness (QED) is 0.452. The highest BCUT2D eigenvalue weighted by Gasteiger charge is 2.31. The number of allylic oxidation sites excluding steroid dienone is 1. The predicted molar refractivity (Wildman–Crippen MR) is 132 cm³/mol. The Hall–Kier alpha value is -3.97. The summed E-state index contributed by atoms with van der Waals surface area (Å²) in [6, 6.07) is 25.5. The Labute approximate surface area is 202 Å². The number of benzene rings is 3. The topological polar surface area (TPSA) is 75.9 Å². The van der Waals surface area contributed by atoms with Crippen molar-refractivity contribution in [2.75, 3.05) is 11.4 Å². The Bertz CT molecular complexity index is 1320. The molecule has 7 nitrogen and oxygen atoms in total. The summed E-state index contributed by atoms with van der Waals surface area (Å²) in [6.07, 6.45) is 2.08. The molecule has 1 atom stereocenters. The van der Waals surface area contributed by atoms with Crippen LogP contribution in [-0.2, 0) is 11.3 Å². The van der Waals surface area contributed by atoms with E-state index in [9.17, 15) is 4.79 Å². The third kappa shape index (κ3) is 4.56. The van der Waals surface area contributed by atoms with Crippen LogP contribution in [-0.4, -0.2) is 32.7 Å². The van der Waals surface area contributed by atoms with Gasteiger partial charge in [-0.05, 0) is 52.2 Å². The molecule has 1 N–H and O–H groups in total. The van der Waals surface area contributed by atoms with Crippen LogP contribution in [0.4, 0.5) is 5.95 Å². The van der Waals surface area contributed by atoms with E-state index in [0.29, 0.717) is 17.5 Å². The van der Waals surface area contributed by atoms with Gasteiger partial charge in [0.15, 0.2) is 0 Å². The molecule has 8 heteroatoms. The van der Waals surface area contributed by atoms with Gasteiger partial charge >= 0.3 is 0 Å². The largest absolute Gasteiger partial charge is 0.350 e. The number of carbonyl (C=O) groups is 1. The average Bonchev–Trinajstić information content (AvgIpc) is 3.35. The van der Waals surface area contributed by atoms with Gasteiger partial charge in [0, 0.05) is 11.6 Å². The molecule has 4 aromatic rings. The van der Waals surface area contributed by atoms with Gasteiger partial charge in [-0.3, -0.25) is 9.69 Å². The van der Waals surface area contributed by atoms with E-state index in [1.807, 2.05) is 90.7 Å². The number of halogens is 1. The fourth-order valence-corrected chi connectivity index (χ4v) is 4.11. The SMILES string of the molecule is Cc1ccc(CNC(=O)CN2C(c3ccc(Cl)cc3)=C[C@@H](c3ccccc3)n3nnnc32)cc1. The van der Waals surface area contributed by atoms with Crippen molar-refractivity contribution in [2.24, 2.45) is 0 Å². The Kier molecular flexibility index (Phi) is 6.10. The summed E-state index contributed by atoms with van der Waals surface area (Å²) in [4.78, 5) is 14.8. The van der Waals surface area contributed by atoms with Crippen molar-refractivity contribution in [1.29, 1.82) is 0 Å². The minimum atomic E-state index is -0.205. The fourth-order valence-electron chi connectivity index (χ4n) is 3.99. The second-order valence-electron chi connectivity index (χ2n) is 8.19. The van der Waals surface area contributed by atoms with Gasteiger partial charge in [-0.2, -0.15) is 4.68 Å². The Morgan fingerprint density at radius 3 is 2.47 bits per heavy atom. The number of aromatic nitrogens is 4. The van der Waals surface area contributed by atoms with Crippen molar-refractivity contribution >= 4 is 29.2 Å². The minimum absolute atomic E-state index is 0.0716. The molecule has 170 valence electrons. The number of hydrogen-bond acceptors (Lipinski definition) is 5. The zero-order valence-electron chi connectivity index (χ0n) is 18.6. The van der Waals surface area contributed by atoms with E-state index in [4.69, 9.17) is 11.6 Å². The second kappa shape index (κ2) is 9.49. The first-order chi connectivity index (χ1) is 16.6. The average molecular weight is 471 g/mol. The number of nitrogens with one attached hydrogen (secondary N) is 1. The summed E-state index contributed by atoms with van der Waals surface area (Å²) in [7, 11) is 0. The highest BCUT2D eigenvalue weighted by molar-refractivity contribution is 6.30. The molecule has 0 saturated heterocycles. The molecule has 0 fully saturated rings. The van der Waals surface area contributed by atoms with Crippen molar-refractivity contribution in [3.8, 4) is 0 Å². The van der Waals surface area contributed by atoms with E-state index in [-0.39, 0.29) is 18.5 Å². The fraction of sp³-hybridized carbons (Fsp3) is 0.154. The maximum absolute atomic E-state index is 13.0. The number of aryl methyl sites for hydroxylation is 1. The molecule has 0 unspecified atom stereocenters. The first-order valence-electron chi connectivity index (χ1n) is 11.0. The van der Waals surface area contributed by atoms with E-state index in [1.54, 1.807) is 4.68 Å². The molecule has 34 heavy (non-hydrogen) atoms. The molecule has 1 aliphatic rings. The lowest BCUT2D eigenvalue weighted by atomic mass is 10.0. The first kappa shape index (κ1) is 21.9. The van der Waals surface area contributed by atoms with Crippen LogP contribution < -0.4 is 10.2 Å². The Morgan fingerprint density at radius 1 is 1.00 bits per heavy atom. The number of amides is 1. The smallest absolute Gasteiger partial charge is 0.251 e. The first-order valence-corrected chi connectivity index (χ1v) is 11.4. The molecule has 1 aliphatic heterocycles. The van der Waals surface area contributed by atoms with Gasteiger partial charge in [0.2, 0.25) is 5.91 Å². The molecule has 0 radical (unpaired) electrons. The van der Waals surface area contributed by atoms with Gasteiger partial charge in [0.25, 0.3) is 5.95 Å². The van der Waals surface area contributed by atoms with Crippen molar-refractivity contribution in [1.82, 2.24) is 25.5 Å². The number of anilines is 1. The third-order valence-corrected chi connectivity index (χ3v) is 6.03. The van der Waals surface area contributed by atoms with E-state index in [1.165, 1.54) is 5.56 Å². The van der Waals surface area contributed by atoms with Crippen molar-refractivity contribution < 1.29 is 4.79 Å². The molecule has 0 aliphatic carbocycles. The maximum Gasteiger partial charge on any atom is 0.251 e. The molecular weight excluding hydrogens is 448 g/mol. The summed E-state index contributed by atoms with van der Waals surface area (Å²) in [5, 5.41) is 16.1. The van der Waals surface area contributed by atoms with Gasteiger partial charge in [0.05, 0.1) is 5.70 Å². The van der Waals surface area contributed by atoms with E-state index in [0.717, 1.165) is 22.4 Å². The highest BCUT2D eigenvalue weighted by Crippen LogP contribution is 2.36. The number of hydrogen-bond donors (Lipinski definition) is 1. The van der Waals surface area contributed by atoms with Crippen LogP contribution in [0, 0.1) is 6.92 Å². The summed E-state index contributed by atoms with van der Waals surface area (Å²) in [5.74, 6) is 0.375. The number of nitrogens with zero attached hydrogens (tertiary/aromatic N) is 5. The van der Waals surface area contributed by atoms with Crippen LogP contribution in [0.1, 0.15) is 28.3 Å². The van der Waals surface area contributed by atoms with Gasteiger partial charge in [-0.1, -0.05) is 89.0 Å². The standard InChI is InChI=1S/C26H23ClN6O/c1-18-7-9-19(10-8-18)16-28-25(34)17-32-23(21-11-13-22(27)14-12-21)15-24(20-5-3-2-4-6-20)33-26(32)29-30-31-33/h2-15,24H,16-17H2,1H3,(H,28,34)/t24-/m0/s1. The van der Waals surface area contributed by atoms with Gasteiger partial charge < -0.3 is 5.32 Å². The maximum atomic E-state index is 13.0. The number of fused-ring (bicyclic) bond motifs is 1. The summed E-state index contributed by atoms with van der Waals surface area (Å²) in [5.41, 5.74) is 5.04. The van der Waals surface area contributed by atoms with Crippen molar-refractivity contribution in [2.45, 2.75) is 19.5 Å². The van der Waals surface area contributed by atoms with Gasteiger partial charge in [-0.25, -0.2) is 0 Å². The zero-order chi connectivity index (χ0) is 23.5. The number of tetrazole rings is 1. The molecule has 1 amide bonds.